The first-order valence-corrected chi connectivity index (χ1v) is 4.10. The van der Waals surface area contributed by atoms with Gasteiger partial charge in [0.05, 0.1) is 0 Å². The van der Waals surface area contributed by atoms with E-state index >= 15 is 0 Å². The second kappa shape index (κ2) is 6.60. The fourth-order valence-corrected chi connectivity index (χ4v) is 0.961. The number of allylic oxidation sites excluding steroid dienone is 4. The Balaban J connectivity index is 3.46. The number of rotatable bonds is 4. The van der Waals surface area contributed by atoms with Gasteiger partial charge >= 0.3 is 0 Å². The molecule has 0 aliphatic carbocycles. The van der Waals surface area contributed by atoms with Crippen molar-refractivity contribution in [3.8, 4) is 0 Å². The lowest BCUT2D eigenvalue weighted by Crippen LogP contribution is -1.78. The predicted molar refractivity (Wildman–Crippen MR) is 48.1 cm³/mol. The van der Waals surface area contributed by atoms with Crippen LogP contribution in [0.5, 0.6) is 0 Å². The first-order valence-electron chi connectivity index (χ1n) is 4.10. The molecule has 0 heteroatoms. The Morgan fingerprint density at radius 1 is 1.30 bits per heavy atom. The molecule has 0 fully saturated rings. The standard InChI is InChI=1S/C10H18/c1-4-7-8-9-10(5-2)6-3/h4-5,7H,6,8-9H2,1-3H3. The van der Waals surface area contributed by atoms with Crippen LogP contribution in [0.1, 0.15) is 40.0 Å². The Labute approximate surface area is 64.6 Å². The van der Waals surface area contributed by atoms with Gasteiger partial charge in [0, 0.05) is 0 Å². The summed E-state index contributed by atoms with van der Waals surface area (Å²) in [6.07, 6.45) is 10.2. The zero-order chi connectivity index (χ0) is 7.82. The van der Waals surface area contributed by atoms with Crippen molar-refractivity contribution < 1.29 is 0 Å². The molecule has 0 bridgehead atoms. The zero-order valence-electron chi connectivity index (χ0n) is 7.35. The molecule has 58 valence electrons. The lowest BCUT2D eigenvalue weighted by Gasteiger charge is -1.98. The maximum atomic E-state index is 2.23. The van der Waals surface area contributed by atoms with Crippen LogP contribution in [0.2, 0.25) is 0 Å². The van der Waals surface area contributed by atoms with Gasteiger partial charge in [-0.05, 0) is 33.1 Å². The maximum Gasteiger partial charge on any atom is -0.0286 e. The van der Waals surface area contributed by atoms with Crippen LogP contribution in [0.4, 0.5) is 0 Å². The third-order valence-electron chi connectivity index (χ3n) is 1.73. The van der Waals surface area contributed by atoms with Crippen LogP contribution in [-0.2, 0) is 0 Å². The van der Waals surface area contributed by atoms with Crippen LogP contribution in [-0.4, -0.2) is 0 Å². The summed E-state index contributed by atoms with van der Waals surface area (Å²) in [5.41, 5.74) is 1.57. The minimum atomic E-state index is 1.20. The summed E-state index contributed by atoms with van der Waals surface area (Å²) < 4.78 is 0. The van der Waals surface area contributed by atoms with Crippen molar-refractivity contribution >= 4 is 0 Å². The normalized spacial score (nSPS) is 12.9. The number of hydrogen-bond donors (Lipinski definition) is 0. The highest BCUT2D eigenvalue weighted by molar-refractivity contribution is 5.00. The Bertz CT molecular complexity index is 118. The highest BCUT2D eigenvalue weighted by atomic mass is 13.9. The molecule has 0 N–H and O–H groups in total. The van der Waals surface area contributed by atoms with Crippen LogP contribution < -0.4 is 0 Å². The average Bonchev–Trinajstić information content (AvgIpc) is 1.99. The fourth-order valence-electron chi connectivity index (χ4n) is 0.961. The van der Waals surface area contributed by atoms with E-state index in [1.165, 1.54) is 19.3 Å². The van der Waals surface area contributed by atoms with E-state index in [0.29, 0.717) is 0 Å². The molecule has 0 aromatic rings. The largest absolute Gasteiger partial charge is 0.0917 e. The summed E-state index contributed by atoms with van der Waals surface area (Å²) in [5.74, 6) is 0. The second-order valence-corrected chi connectivity index (χ2v) is 2.41. The van der Waals surface area contributed by atoms with E-state index in [0.717, 1.165) is 0 Å². The number of hydrogen-bond acceptors (Lipinski definition) is 0. The van der Waals surface area contributed by atoms with E-state index in [2.05, 4.69) is 39.0 Å². The molecule has 0 spiro atoms. The quantitative estimate of drug-likeness (QED) is 0.520. The van der Waals surface area contributed by atoms with Gasteiger partial charge in [-0.2, -0.15) is 0 Å². The van der Waals surface area contributed by atoms with Crippen molar-refractivity contribution in [2.24, 2.45) is 0 Å². The molecule has 0 heterocycles. The van der Waals surface area contributed by atoms with Gasteiger partial charge in [-0.25, -0.2) is 0 Å². The zero-order valence-corrected chi connectivity index (χ0v) is 7.35. The van der Waals surface area contributed by atoms with Gasteiger partial charge < -0.3 is 0 Å². The molecule has 0 radical (unpaired) electrons. The molecule has 0 aromatic carbocycles. The summed E-state index contributed by atoms with van der Waals surface area (Å²) in [4.78, 5) is 0. The third kappa shape index (κ3) is 4.37. The van der Waals surface area contributed by atoms with Gasteiger partial charge in [-0.3, -0.25) is 0 Å². The Morgan fingerprint density at radius 3 is 2.40 bits per heavy atom. The molecule has 0 saturated carbocycles. The smallest absolute Gasteiger partial charge is 0.0286 e. The highest BCUT2D eigenvalue weighted by Gasteiger charge is 1.88. The summed E-state index contributed by atoms with van der Waals surface area (Å²) in [7, 11) is 0. The van der Waals surface area contributed by atoms with Crippen molar-refractivity contribution in [1.82, 2.24) is 0 Å². The van der Waals surface area contributed by atoms with Crippen molar-refractivity contribution in [2.75, 3.05) is 0 Å². The Morgan fingerprint density at radius 2 is 2.00 bits per heavy atom. The molecule has 0 nitrogen and oxygen atoms in total. The van der Waals surface area contributed by atoms with Crippen LogP contribution in [0.15, 0.2) is 23.8 Å². The van der Waals surface area contributed by atoms with Crippen molar-refractivity contribution in [1.29, 1.82) is 0 Å². The van der Waals surface area contributed by atoms with Gasteiger partial charge in [0.1, 0.15) is 0 Å². The van der Waals surface area contributed by atoms with Crippen molar-refractivity contribution in [2.45, 2.75) is 40.0 Å². The third-order valence-corrected chi connectivity index (χ3v) is 1.73. The Hall–Kier alpha value is -0.520. The van der Waals surface area contributed by atoms with E-state index in [4.69, 9.17) is 0 Å². The monoisotopic (exact) mass is 138 g/mol. The lowest BCUT2D eigenvalue weighted by molar-refractivity contribution is 0.904. The molecule has 10 heavy (non-hydrogen) atoms. The van der Waals surface area contributed by atoms with Crippen LogP contribution in [0.3, 0.4) is 0 Å². The van der Waals surface area contributed by atoms with E-state index < -0.39 is 0 Å². The van der Waals surface area contributed by atoms with Crippen molar-refractivity contribution in [3.63, 3.8) is 0 Å². The minimum absolute atomic E-state index is 1.20. The van der Waals surface area contributed by atoms with Gasteiger partial charge in [0.2, 0.25) is 0 Å². The summed E-state index contributed by atoms with van der Waals surface area (Å²) in [6.45, 7) is 6.40. The average molecular weight is 138 g/mol. The lowest BCUT2D eigenvalue weighted by atomic mass is 10.1. The maximum absolute atomic E-state index is 2.23. The first-order chi connectivity index (χ1) is 4.85. The predicted octanol–water partition coefficient (Wildman–Crippen LogP) is 3.70. The summed E-state index contributed by atoms with van der Waals surface area (Å²) >= 11 is 0. The molecule has 0 saturated heterocycles. The molecule has 0 atom stereocenters. The minimum Gasteiger partial charge on any atom is -0.0917 e. The Kier molecular flexibility index (Phi) is 6.25. The molecule has 0 aliphatic heterocycles. The summed E-state index contributed by atoms with van der Waals surface area (Å²) in [6, 6.07) is 0. The molecular formula is C10H18. The van der Waals surface area contributed by atoms with Gasteiger partial charge in [-0.15, -0.1) is 0 Å². The second-order valence-electron chi connectivity index (χ2n) is 2.41. The van der Waals surface area contributed by atoms with Crippen LogP contribution >= 0.6 is 0 Å². The van der Waals surface area contributed by atoms with Gasteiger partial charge in [-0.1, -0.05) is 30.7 Å². The molecule has 0 aromatic heterocycles. The SMILES string of the molecule is CC=CCCC(=CC)CC. The van der Waals surface area contributed by atoms with Crippen molar-refractivity contribution in [3.05, 3.63) is 23.8 Å². The molecule has 0 rings (SSSR count). The molecule has 0 unspecified atom stereocenters. The first kappa shape index (κ1) is 9.48. The van der Waals surface area contributed by atoms with E-state index in [1.54, 1.807) is 5.57 Å². The van der Waals surface area contributed by atoms with E-state index in [-0.39, 0.29) is 0 Å². The van der Waals surface area contributed by atoms with Crippen LogP contribution in [0.25, 0.3) is 0 Å². The van der Waals surface area contributed by atoms with Gasteiger partial charge in [0.25, 0.3) is 0 Å². The molecule has 0 amide bonds. The molecule has 0 aliphatic rings. The van der Waals surface area contributed by atoms with Gasteiger partial charge in [0.15, 0.2) is 0 Å². The van der Waals surface area contributed by atoms with E-state index in [1.807, 2.05) is 0 Å². The topological polar surface area (TPSA) is 0 Å². The molecular weight excluding hydrogens is 120 g/mol. The van der Waals surface area contributed by atoms with E-state index in [9.17, 15) is 0 Å². The fraction of sp³-hybridized carbons (Fsp3) is 0.600. The highest BCUT2D eigenvalue weighted by Crippen LogP contribution is 2.08. The van der Waals surface area contributed by atoms with Crippen LogP contribution in [0, 0.1) is 0 Å². The summed E-state index contributed by atoms with van der Waals surface area (Å²) in [5, 5.41) is 0.